The van der Waals surface area contributed by atoms with Crippen LogP contribution in [0.5, 0.6) is 0 Å². The fraction of sp³-hybridized carbons (Fsp3) is 0.500. The summed E-state index contributed by atoms with van der Waals surface area (Å²) in [6, 6.07) is 7.48. The highest BCUT2D eigenvalue weighted by molar-refractivity contribution is 6.30. The van der Waals surface area contributed by atoms with Gasteiger partial charge >= 0.3 is 0 Å². The Morgan fingerprint density at radius 2 is 2.15 bits per heavy atom. The maximum absolute atomic E-state index is 12.4. The van der Waals surface area contributed by atoms with Gasteiger partial charge in [0.25, 0.3) is 0 Å². The maximum Gasteiger partial charge on any atom is 0.234 e. The Kier molecular flexibility index (Phi) is 3.33. The van der Waals surface area contributed by atoms with Crippen LogP contribution in [0.2, 0.25) is 5.02 Å². The molecule has 2 amide bonds. The number of piperidine rings is 1. The maximum atomic E-state index is 12.4. The predicted molar refractivity (Wildman–Crippen MR) is 77.4 cm³/mol. The van der Waals surface area contributed by atoms with Crippen molar-refractivity contribution in [3.8, 4) is 0 Å². The van der Waals surface area contributed by atoms with Gasteiger partial charge in [-0.1, -0.05) is 43.5 Å². The molecule has 0 aromatic heterocycles. The van der Waals surface area contributed by atoms with E-state index in [1.165, 1.54) is 0 Å². The van der Waals surface area contributed by atoms with Crippen LogP contribution >= 0.6 is 11.6 Å². The average Bonchev–Trinajstić information content (AvgIpc) is 2.70. The Bertz CT molecular complexity index is 571. The van der Waals surface area contributed by atoms with Crippen LogP contribution in [0.15, 0.2) is 24.3 Å². The highest BCUT2D eigenvalue weighted by Crippen LogP contribution is 2.56. The van der Waals surface area contributed by atoms with Crippen LogP contribution in [-0.2, 0) is 9.59 Å². The molecule has 1 saturated carbocycles. The third-order valence-electron chi connectivity index (χ3n) is 5.03. The molecular formula is C16H18ClNO2. The molecule has 0 radical (unpaired) electrons. The Balaban J connectivity index is 2.09. The fourth-order valence-electron chi connectivity index (χ4n) is 4.05. The number of benzene rings is 1. The van der Waals surface area contributed by atoms with Crippen molar-refractivity contribution in [2.75, 3.05) is 0 Å². The number of hydrogen-bond acceptors (Lipinski definition) is 2. The third-order valence-corrected chi connectivity index (χ3v) is 5.27. The first-order valence-electron chi connectivity index (χ1n) is 7.12. The number of hydrogen-bond donors (Lipinski definition) is 1. The molecule has 106 valence electrons. The molecule has 3 atom stereocenters. The average molecular weight is 292 g/mol. The summed E-state index contributed by atoms with van der Waals surface area (Å²) >= 11 is 6.07. The molecule has 0 bridgehead atoms. The molecule has 20 heavy (non-hydrogen) atoms. The second-order valence-electron chi connectivity index (χ2n) is 6.10. The van der Waals surface area contributed by atoms with Crippen molar-refractivity contribution >= 4 is 23.4 Å². The van der Waals surface area contributed by atoms with Gasteiger partial charge in [-0.25, -0.2) is 0 Å². The molecule has 2 aliphatic rings. The standard InChI is InChI=1S/C16H18ClNO2/c1-10-4-3-7-16(10)9-13(19)18-15(20)14(16)11-5-2-6-12(17)8-11/h2,5-6,8,10,14H,3-4,7,9H2,1H3,(H,18,19,20). The summed E-state index contributed by atoms with van der Waals surface area (Å²) in [5.41, 5.74) is 0.695. The quantitative estimate of drug-likeness (QED) is 0.807. The second kappa shape index (κ2) is 4.88. The van der Waals surface area contributed by atoms with Crippen molar-refractivity contribution in [2.24, 2.45) is 11.3 Å². The second-order valence-corrected chi connectivity index (χ2v) is 6.54. The van der Waals surface area contributed by atoms with Crippen LogP contribution in [0.4, 0.5) is 0 Å². The molecule has 1 heterocycles. The fourth-order valence-corrected chi connectivity index (χ4v) is 4.25. The molecule has 4 heteroatoms. The van der Waals surface area contributed by atoms with E-state index in [1.807, 2.05) is 24.3 Å². The summed E-state index contributed by atoms with van der Waals surface area (Å²) in [7, 11) is 0. The highest BCUT2D eigenvalue weighted by Gasteiger charge is 2.53. The summed E-state index contributed by atoms with van der Waals surface area (Å²) in [6.45, 7) is 2.16. The van der Waals surface area contributed by atoms with E-state index < -0.39 is 0 Å². The van der Waals surface area contributed by atoms with Gasteiger partial charge in [0.15, 0.2) is 0 Å². The number of amides is 2. The SMILES string of the molecule is CC1CCCC12CC(=O)NC(=O)C2c1cccc(Cl)c1. The minimum absolute atomic E-state index is 0.137. The first-order chi connectivity index (χ1) is 9.53. The first kappa shape index (κ1) is 13.6. The smallest absolute Gasteiger partial charge is 0.234 e. The minimum Gasteiger partial charge on any atom is -0.296 e. The van der Waals surface area contributed by atoms with Crippen molar-refractivity contribution in [3.05, 3.63) is 34.9 Å². The van der Waals surface area contributed by atoms with Crippen LogP contribution in [0.25, 0.3) is 0 Å². The van der Waals surface area contributed by atoms with Gasteiger partial charge in [-0.3, -0.25) is 14.9 Å². The molecule has 2 fully saturated rings. The van der Waals surface area contributed by atoms with E-state index in [9.17, 15) is 9.59 Å². The summed E-state index contributed by atoms with van der Waals surface area (Å²) < 4.78 is 0. The molecule has 1 aromatic rings. The van der Waals surface area contributed by atoms with E-state index in [0.29, 0.717) is 17.4 Å². The van der Waals surface area contributed by atoms with Gasteiger partial charge in [0, 0.05) is 11.4 Å². The zero-order valence-corrected chi connectivity index (χ0v) is 12.2. The number of carbonyl (C=O) groups excluding carboxylic acids is 2. The van der Waals surface area contributed by atoms with Crippen molar-refractivity contribution in [2.45, 2.75) is 38.5 Å². The van der Waals surface area contributed by atoms with Crippen molar-refractivity contribution < 1.29 is 9.59 Å². The van der Waals surface area contributed by atoms with Crippen LogP contribution in [0, 0.1) is 11.3 Å². The normalized spacial score (nSPS) is 33.5. The largest absolute Gasteiger partial charge is 0.296 e. The lowest BCUT2D eigenvalue weighted by atomic mass is 9.62. The minimum atomic E-state index is -0.267. The zero-order valence-electron chi connectivity index (χ0n) is 11.5. The van der Waals surface area contributed by atoms with E-state index in [2.05, 4.69) is 12.2 Å². The van der Waals surface area contributed by atoms with E-state index in [1.54, 1.807) is 0 Å². The first-order valence-corrected chi connectivity index (χ1v) is 7.50. The van der Waals surface area contributed by atoms with Crippen molar-refractivity contribution in [1.82, 2.24) is 5.32 Å². The van der Waals surface area contributed by atoms with Crippen LogP contribution < -0.4 is 5.32 Å². The van der Waals surface area contributed by atoms with Gasteiger partial charge in [-0.2, -0.15) is 0 Å². The molecule has 1 saturated heterocycles. The topological polar surface area (TPSA) is 46.2 Å². The van der Waals surface area contributed by atoms with E-state index in [4.69, 9.17) is 11.6 Å². The van der Waals surface area contributed by atoms with Gasteiger partial charge in [0.2, 0.25) is 11.8 Å². The predicted octanol–water partition coefficient (Wildman–Crippen LogP) is 3.28. The summed E-state index contributed by atoms with van der Waals surface area (Å²) in [5, 5.41) is 3.13. The number of rotatable bonds is 1. The Hall–Kier alpha value is -1.35. The number of nitrogens with one attached hydrogen (secondary N) is 1. The highest BCUT2D eigenvalue weighted by atomic mass is 35.5. The molecular weight excluding hydrogens is 274 g/mol. The van der Waals surface area contributed by atoms with Gasteiger partial charge < -0.3 is 0 Å². The molecule has 3 nitrogen and oxygen atoms in total. The Labute approximate surface area is 123 Å². The van der Waals surface area contributed by atoms with Crippen LogP contribution in [0.1, 0.15) is 44.1 Å². The van der Waals surface area contributed by atoms with E-state index >= 15 is 0 Å². The van der Waals surface area contributed by atoms with Crippen LogP contribution in [-0.4, -0.2) is 11.8 Å². The molecule has 1 aliphatic heterocycles. The Morgan fingerprint density at radius 3 is 2.80 bits per heavy atom. The van der Waals surface area contributed by atoms with Crippen LogP contribution in [0.3, 0.4) is 0 Å². The monoisotopic (exact) mass is 291 g/mol. The Morgan fingerprint density at radius 1 is 1.35 bits per heavy atom. The lowest BCUT2D eigenvalue weighted by Gasteiger charge is -2.43. The third kappa shape index (κ3) is 2.05. The van der Waals surface area contributed by atoms with Gasteiger partial charge in [-0.05, 0) is 35.4 Å². The zero-order chi connectivity index (χ0) is 14.3. The molecule has 1 aliphatic carbocycles. The molecule has 3 unspecified atom stereocenters. The lowest BCUT2D eigenvalue weighted by Crippen LogP contribution is -2.51. The van der Waals surface area contributed by atoms with Gasteiger partial charge in [0.1, 0.15) is 0 Å². The number of halogens is 1. The summed E-state index contributed by atoms with van der Waals surface area (Å²) in [4.78, 5) is 24.3. The lowest BCUT2D eigenvalue weighted by molar-refractivity contribution is -0.141. The van der Waals surface area contributed by atoms with E-state index in [-0.39, 0.29) is 23.1 Å². The number of imide groups is 1. The molecule has 3 rings (SSSR count). The molecule has 1 spiro atoms. The molecule has 1 aromatic carbocycles. The van der Waals surface area contributed by atoms with Crippen molar-refractivity contribution in [3.63, 3.8) is 0 Å². The summed E-state index contributed by atoms with van der Waals surface area (Å²) in [6.07, 6.45) is 3.54. The van der Waals surface area contributed by atoms with Gasteiger partial charge in [0.05, 0.1) is 5.92 Å². The van der Waals surface area contributed by atoms with Gasteiger partial charge in [-0.15, -0.1) is 0 Å². The molecule has 1 N–H and O–H groups in total. The number of carbonyl (C=O) groups is 2. The van der Waals surface area contributed by atoms with Crippen molar-refractivity contribution in [1.29, 1.82) is 0 Å². The summed E-state index contributed by atoms with van der Waals surface area (Å²) in [5.74, 6) is -0.197. The van der Waals surface area contributed by atoms with E-state index in [0.717, 1.165) is 24.8 Å².